The van der Waals surface area contributed by atoms with Crippen LogP contribution in [-0.4, -0.2) is 59.8 Å². The molecular weight excluding hydrogens is 410 g/mol. The summed E-state index contributed by atoms with van der Waals surface area (Å²) in [5, 5.41) is 2.98. The Hall–Kier alpha value is -2.80. The quantitative estimate of drug-likeness (QED) is 0.753. The maximum absolute atomic E-state index is 13.2. The Kier molecular flexibility index (Phi) is 6.92. The van der Waals surface area contributed by atoms with E-state index < -0.39 is 12.0 Å². The van der Waals surface area contributed by atoms with Gasteiger partial charge in [0.05, 0.1) is 5.92 Å². The van der Waals surface area contributed by atoms with Crippen LogP contribution in [0.25, 0.3) is 0 Å². The highest BCUT2D eigenvalue weighted by Gasteiger charge is 2.37. The van der Waals surface area contributed by atoms with Crippen molar-refractivity contribution in [3.8, 4) is 0 Å². The molecular formula is C24H27N3O3S. The molecule has 0 aromatic heterocycles. The summed E-state index contributed by atoms with van der Waals surface area (Å²) in [6.45, 7) is 1.74. The van der Waals surface area contributed by atoms with Crippen molar-refractivity contribution in [2.45, 2.75) is 18.9 Å². The molecule has 0 spiro atoms. The van der Waals surface area contributed by atoms with Gasteiger partial charge in [-0.1, -0.05) is 48.5 Å². The molecule has 2 saturated heterocycles. The lowest BCUT2D eigenvalue weighted by Crippen LogP contribution is -2.53. The van der Waals surface area contributed by atoms with E-state index in [0.29, 0.717) is 26.1 Å². The molecule has 0 radical (unpaired) electrons. The van der Waals surface area contributed by atoms with Crippen LogP contribution in [0, 0.1) is 5.92 Å². The molecule has 3 amide bonds. The highest BCUT2D eigenvalue weighted by atomic mass is 32.2. The first-order valence-corrected chi connectivity index (χ1v) is 11.8. The summed E-state index contributed by atoms with van der Waals surface area (Å²) in [5.74, 6) is 1.04. The molecule has 2 aliphatic heterocycles. The fourth-order valence-corrected chi connectivity index (χ4v) is 4.99. The van der Waals surface area contributed by atoms with Gasteiger partial charge >= 0.3 is 0 Å². The van der Waals surface area contributed by atoms with E-state index in [1.54, 1.807) is 4.90 Å². The second-order valence-corrected chi connectivity index (χ2v) is 9.15. The number of carbonyl (C=O) groups is 3. The Balaban J connectivity index is 1.46. The Morgan fingerprint density at radius 1 is 1.00 bits per heavy atom. The fraction of sp³-hybridized carbons (Fsp3) is 0.375. The summed E-state index contributed by atoms with van der Waals surface area (Å²) in [5.41, 5.74) is 1.80. The zero-order chi connectivity index (χ0) is 21.6. The number of hydrogen-bond donors (Lipinski definition) is 1. The van der Waals surface area contributed by atoms with Crippen LogP contribution < -0.4 is 10.2 Å². The Morgan fingerprint density at radius 3 is 2.32 bits per heavy atom. The SMILES string of the molecule is O=C(N[C@H](Cc1ccccc1)C(=O)N1CCSCC1)[C@H]1CC(=O)N(c2ccccc2)C1. The van der Waals surface area contributed by atoms with Gasteiger partial charge in [0.25, 0.3) is 0 Å². The van der Waals surface area contributed by atoms with Crippen LogP contribution in [0.4, 0.5) is 5.69 Å². The molecule has 1 N–H and O–H groups in total. The molecule has 6 nitrogen and oxygen atoms in total. The first-order valence-electron chi connectivity index (χ1n) is 10.7. The standard InChI is InChI=1S/C24H27N3O3S/c28-22-16-19(17-27(22)20-9-5-2-6-10-20)23(29)25-21(15-18-7-3-1-4-8-18)24(30)26-11-13-31-14-12-26/h1-10,19,21H,11-17H2,(H,25,29)/t19-,21+/m0/s1. The van der Waals surface area contributed by atoms with Crippen molar-refractivity contribution in [1.82, 2.24) is 10.2 Å². The normalized spacial score (nSPS) is 19.9. The van der Waals surface area contributed by atoms with Crippen LogP contribution in [0.1, 0.15) is 12.0 Å². The summed E-state index contributed by atoms with van der Waals surface area (Å²) in [6.07, 6.45) is 0.603. The molecule has 0 saturated carbocycles. The molecule has 2 heterocycles. The van der Waals surface area contributed by atoms with Gasteiger partial charge in [0.1, 0.15) is 6.04 Å². The monoisotopic (exact) mass is 437 g/mol. The van der Waals surface area contributed by atoms with Gasteiger partial charge in [-0.25, -0.2) is 0 Å². The minimum absolute atomic E-state index is 0.0401. The van der Waals surface area contributed by atoms with E-state index in [-0.39, 0.29) is 24.1 Å². The maximum Gasteiger partial charge on any atom is 0.245 e. The predicted octanol–water partition coefficient (Wildman–Crippen LogP) is 2.34. The van der Waals surface area contributed by atoms with Crippen molar-refractivity contribution < 1.29 is 14.4 Å². The van der Waals surface area contributed by atoms with Crippen LogP contribution in [0.5, 0.6) is 0 Å². The first-order chi connectivity index (χ1) is 15.1. The molecule has 4 rings (SSSR count). The Morgan fingerprint density at radius 2 is 1.65 bits per heavy atom. The zero-order valence-corrected chi connectivity index (χ0v) is 18.2. The van der Waals surface area contributed by atoms with Crippen LogP contribution in [0.15, 0.2) is 60.7 Å². The second kappa shape index (κ2) is 10.0. The molecule has 0 bridgehead atoms. The highest BCUT2D eigenvalue weighted by Crippen LogP contribution is 2.25. The lowest BCUT2D eigenvalue weighted by atomic mass is 10.0. The zero-order valence-electron chi connectivity index (χ0n) is 17.4. The van der Waals surface area contributed by atoms with Gasteiger partial charge in [-0.3, -0.25) is 14.4 Å². The van der Waals surface area contributed by atoms with Crippen LogP contribution in [0.2, 0.25) is 0 Å². The maximum atomic E-state index is 13.2. The average molecular weight is 438 g/mol. The second-order valence-electron chi connectivity index (χ2n) is 7.93. The largest absolute Gasteiger partial charge is 0.344 e. The molecule has 2 atom stereocenters. The molecule has 2 fully saturated rings. The van der Waals surface area contributed by atoms with Crippen molar-refractivity contribution in [3.05, 3.63) is 66.2 Å². The molecule has 0 aliphatic carbocycles. The van der Waals surface area contributed by atoms with E-state index in [0.717, 1.165) is 22.8 Å². The summed E-state index contributed by atoms with van der Waals surface area (Å²) < 4.78 is 0. The number of para-hydroxylation sites is 1. The van der Waals surface area contributed by atoms with E-state index in [1.807, 2.05) is 77.3 Å². The number of carbonyl (C=O) groups excluding carboxylic acids is 3. The van der Waals surface area contributed by atoms with Crippen molar-refractivity contribution in [3.63, 3.8) is 0 Å². The van der Waals surface area contributed by atoms with Crippen LogP contribution in [0.3, 0.4) is 0 Å². The summed E-state index contributed by atoms with van der Waals surface area (Å²) in [6, 6.07) is 18.5. The summed E-state index contributed by atoms with van der Waals surface area (Å²) >= 11 is 1.84. The molecule has 0 unspecified atom stereocenters. The topological polar surface area (TPSA) is 69.7 Å². The highest BCUT2D eigenvalue weighted by molar-refractivity contribution is 7.99. The third-order valence-electron chi connectivity index (χ3n) is 5.78. The minimum atomic E-state index is -0.626. The van der Waals surface area contributed by atoms with Gasteiger partial charge in [0, 0.05) is 49.7 Å². The van der Waals surface area contributed by atoms with Gasteiger partial charge < -0.3 is 15.1 Å². The van der Waals surface area contributed by atoms with Gasteiger partial charge in [-0.2, -0.15) is 11.8 Å². The Bertz CT molecular complexity index is 916. The fourth-order valence-electron chi connectivity index (χ4n) is 4.08. The summed E-state index contributed by atoms with van der Waals surface area (Å²) in [7, 11) is 0. The predicted molar refractivity (Wildman–Crippen MR) is 123 cm³/mol. The Labute approximate surface area is 187 Å². The van der Waals surface area contributed by atoms with Crippen molar-refractivity contribution in [1.29, 1.82) is 0 Å². The van der Waals surface area contributed by atoms with E-state index >= 15 is 0 Å². The first kappa shape index (κ1) is 21.4. The van der Waals surface area contributed by atoms with Crippen LogP contribution in [-0.2, 0) is 20.8 Å². The van der Waals surface area contributed by atoms with E-state index in [4.69, 9.17) is 0 Å². The minimum Gasteiger partial charge on any atom is -0.344 e. The third-order valence-corrected chi connectivity index (χ3v) is 6.73. The molecule has 2 aliphatic rings. The van der Waals surface area contributed by atoms with Crippen molar-refractivity contribution in [2.75, 3.05) is 36.0 Å². The van der Waals surface area contributed by atoms with Gasteiger partial charge in [-0.15, -0.1) is 0 Å². The number of anilines is 1. The average Bonchev–Trinajstić information content (AvgIpc) is 3.22. The number of nitrogens with one attached hydrogen (secondary N) is 1. The number of nitrogens with zero attached hydrogens (tertiary/aromatic N) is 2. The number of thioether (sulfide) groups is 1. The molecule has 7 heteroatoms. The summed E-state index contributed by atoms with van der Waals surface area (Å²) in [4.78, 5) is 42.3. The molecule has 162 valence electrons. The number of rotatable bonds is 6. The van der Waals surface area contributed by atoms with Crippen LogP contribution >= 0.6 is 11.8 Å². The van der Waals surface area contributed by atoms with E-state index in [2.05, 4.69) is 5.32 Å². The van der Waals surface area contributed by atoms with E-state index in [1.165, 1.54) is 0 Å². The van der Waals surface area contributed by atoms with Gasteiger partial charge in [0.2, 0.25) is 17.7 Å². The lowest BCUT2D eigenvalue weighted by molar-refractivity contribution is -0.137. The van der Waals surface area contributed by atoms with Gasteiger partial charge in [-0.05, 0) is 17.7 Å². The van der Waals surface area contributed by atoms with Crippen molar-refractivity contribution in [2.24, 2.45) is 5.92 Å². The molecule has 31 heavy (non-hydrogen) atoms. The molecule has 2 aromatic rings. The van der Waals surface area contributed by atoms with Crippen molar-refractivity contribution >= 4 is 35.2 Å². The number of benzene rings is 2. The molecule has 2 aromatic carbocycles. The number of amides is 3. The smallest absolute Gasteiger partial charge is 0.245 e. The number of hydrogen-bond acceptors (Lipinski definition) is 4. The van der Waals surface area contributed by atoms with Gasteiger partial charge in [0.15, 0.2) is 0 Å². The lowest BCUT2D eigenvalue weighted by Gasteiger charge is -2.31. The third kappa shape index (κ3) is 5.28. The van der Waals surface area contributed by atoms with E-state index in [9.17, 15) is 14.4 Å².